The summed E-state index contributed by atoms with van der Waals surface area (Å²) in [6, 6.07) is 15.6. The van der Waals surface area contributed by atoms with Crippen molar-refractivity contribution in [3.8, 4) is 11.5 Å². The summed E-state index contributed by atoms with van der Waals surface area (Å²) in [5.74, 6) is 1.69. The molecule has 0 atom stereocenters. The first kappa shape index (κ1) is 12.6. The maximum atomic E-state index is 13.3. The van der Waals surface area contributed by atoms with Crippen LogP contribution in [0.25, 0.3) is 0 Å². The Kier molecular flexibility index (Phi) is 2.82. The van der Waals surface area contributed by atoms with Crippen LogP contribution < -0.4 is 10.1 Å². The van der Waals surface area contributed by atoms with Crippen LogP contribution in [0, 0.1) is 0 Å². The van der Waals surface area contributed by atoms with E-state index >= 15 is 0 Å². The number of ketones is 1. The van der Waals surface area contributed by atoms with Gasteiger partial charge in [0.25, 0.3) is 0 Å². The Hall–Kier alpha value is -2.13. The molecule has 0 bridgehead atoms. The number of carbonyl (C=O) groups is 1. The van der Waals surface area contributed by atoms with Crippen molar-refractivity contribution in [1.29, 1.82) is 0 Å². The molecule has 2 aliphatic heterocycles. The third-order valence-electron chi connectivity index (χ3n) is 4.65. The molecule has 4 rings (SSSR count). The van der Waals surface area contributed by atoms with Crippen molar-refractivity contribution in [2.45, 2.75) is 18.3 Å². The van der Waals surface area contributed by atoms with Crippen molar-refractivity contribution in [3.05, 3.63) is 59.7 Å². The highest BCUT2D eigenvalue weighted by Crippen LogP contribution is 2.46. The Bertz CT molecular complexity index is 702. The molecule has 0 radical (unpaired) electrons. The summed E-state index contributed by atoms with van der Waals surface area (Å²) in [5, 5.41) is 3.36. The Morgan fingerprint density at radius 2 is 1.57 bits per heavy atom. The van der Waals surface area contributed by atoms with Crippen LogP contribution in [0.15, 0.2) is 48.5 Å². The second-order valence-corrected chi connectivity index (χ2v) is 5.76. The summed E-state index contributed by atoms with van der Waals surface area (Å²) in [7, 11) is 0. The van der Waals surface area contributed by atoms with Crippen molar-refractivity contribution >= 4 is 5.78 Å². The van der Waals surface area contributed by atoms with Crippen LogP contribution in [0.3, 0.4) is 0 Å². The Morgan fingerprint density at radius 3 is 2.38 bits per heavy atom. The number of fused-ring (bicyclic) bond motifs is 3. The van der Waals surface area contributed by atoms with E-state index in [-0.39, 0.29) is 5.78 Å². The number of piperidine rings is 1. The van der Waals surface area contributed by atoms with Crippen molar-refractivity contribution in [3.63, 3.8) is 0 Å². The van der Waals surface area contributed by atoms with Crippen LogP contribution in [0.1, 0.15) is 28.8 Å². The first-order valence-electron chi connectivity index (χ1n) is 7.43. The molecule has 0 saturated carbocycles. The molecule has 2 aromatic carbocycles. The number of benzene rings is 2. The maximum absolute atomic E-state index is 13.3. The number of hydrogen-bond acceptors (Lipinski definition) is 3. The zero-order valence-electron chi connectivity index (χ0n) is 11.8. The van der Waals surface area contributed by atoms with Gasteiger partial charge < -0.3 is 10.1 Å². The molecule has 2 heterocycles. The summed E-state index contributed by atoms with van der Waals surface area (Å²) in [5.41, 5.74) is 1.29. The van der Waals surface area contributed by atoms with Crippen LogP contribution in [0.2, 0.25) is 0 Å². The van der Waals surface area contributed by atoms with Gasteiger partial charge >= 0.3 is 0 Å². The lowest BCUT2D eigenvalue weighted by Gasteiger charge is -2.36. The van der Waals surface area contributed by atoms with Crippen LogP contribution in [-0.4, -0.2) is 18.9 Å². The van der Waals surface area contributed by atoms with Gasteiger partial charge in [0, 0.05) is 5.56 Å². The van der Waals surface area contributed by atoms with Gasteiger partial charge in [0.1, 0.15) is 11.5 Å². The topological polar surface area (TPSA) is 38.3 Å². The predicted molar refractivity (Wildman–Crippen MR) is 81.1 cm³/mol. The molecule has 0 amide bonds. The van der Waals surface area contributed by atoms with E-state index < -0.39 is 5.41 Å². The van der Waals surface area contributed by atoms with Gasteiger partial charge in [-0.15, -0.1) is 0 Å². The van der Waals surface area contributed by atoms with E-state index in [0.29, 0.717) is 11.3 Å². The highest BCUT2D eigenvalue weighted by atomic mass is 16.5. The normalized spacial score (nSPS) is 19.3. The second-order valence-electron chi connectivity index (χ2n) is 5.76. The number of hydrogen-bond donors (Lipinski definition) is 1. The van der Waals surface area contributed by atoms with Crippen molar-refractivity contribution in [1.82, 2.24) is 5.32 Å². The van der Waals surface area contributed by atoms with Gasteiger partial charge in [0.2, 0.25) is 0 Å². The number of nitrogens with one attached hydrogen (secondary N) is 1. The SMILES string of the molecule is O=C1c2ccccc2Oc2ccccc2C12CCNCC2. The molecule has 3 heteroatoms. The zero-order chi connectivity index (χ0) is 14.3. The van der Waals surface area contributed by atoms with Crippen molar-refractivity contribution < 1.29 is 9.53 Å². The molecule has 1 fully saturated rings. The first-order chi connectivity index (χ1) is 10.3. The van der Waals surface area contributed by atoms with Gasteiger partial charge in [0.15, 0.2) is 5.78 Å². The summed E-state index contributed by atoms with van der Waals surface area (Å²) in [6.07, 6.45) is 1.64. The average Bonchev–Trinajstić information content (AvgIpc) is 2.64. The molecule has 106 valence electrons. The Labute approximate surface area is 123 Å². The zero-order valence-corrected chi connectivity index (χ0v) is 11.8. The van der Waals surface area contributed by atoms with E-state index in [0.717, 1.165) is 37.2 Å². The van der Waals surface area contributed by atoms with E-state index in [9.17, 15) is 4.79 Å². The second kappa shape index (κ2) is 4.71. The monoisotopic (exact) mass is 279 g/mol. The van der Waals surface area contributed by atoms with Crippen molar-refractivity contribution in [2.24, 2.45) is 0 Å². The maximum Gasteiger partial charge on any atom is 0.177 e. The van der Waals surface area contributed by atoms with E-state index in [1.54, 1.807) is 0 Å². The molecule has 2 aromatic rings. The lowest BCUT2D eigenvalue weighted by Crippen LogP contribution is -2.45. The fourth-order valence-electron chi connectivity index (χ4n) is 3.54. The standard InChI is InChI=1S/C18H17NO2/c20-17-13-5-1-3-7-15(13)21-16-8-4-2-6-14(16)18(17)9-11-19-12-10-18/h1-8,19H,9-12H2. The third-order valence-corrected chi connectivity index (χ3v) is 4.65. The largest absolute Gasteiger partial charge is 0.456 e. The molecule has 2 aliphatic rings. The quantitative estimate of drug-likeness (QED) is 0.804. The molecular weight excluding hydrogens is 262 g/mol. The minimum Gasteiger partial charge on any atom is -0.456 e. The number of ether oxygens (including phenoxy) is 1. The van der Waals surface area contributed by atoms with Crippen LogP contribution in [0.5, 0.6) is 11.5 Å². The number of Topliss-reactive ketones (excluding diaryl/α,β-unsaturated/α-hetero) is 1. The summed E-state index contributed by atoms with van der Waals surface area (Å²) in [4.78, 5) is 13.3. The number of para-hydroxylation sites is 2. The Balaban J connectivity index is 1.99. The number of carbonyl (C=O) groups excluding carboxylic acids is 1. The van der Waals surface area contributed by atoms with E-state index in [1.165, 1.54) is 0 Å². The highest BCUT2D eigenvalue weighted by molar-refractivity contribution is 6.07. The molecule has 1 spiro atoms. The van der Waals surface area contributed by atoms with E-state index in [1.807, 2.05) is 48.5 Å². The number of rotatable bonds is 0. The van der Waals surface area contributed by atoms with Gasteiger partial charge in [-0.2, -0.15) is 0 Å². The van der Waals surface area contributed by atoms with Gasteiger partial charge in [0.05, 0.1) is 11.0 Å². The summed E-state index contributed by atoms with van der Waals surface area (Å²) in [6.45, 7) is 1.73. The van der Waals surface area contributed by atoms with Gasteiger partial charge in [-0.3, -0.25) is 4.79 Å². The lowest BCUT2D eigenvalue weighted by molar-refractivity contribution is 0.0849. The fraction of sp³-hybridized carbons (Fsp3) is 0.278. The average molecular weight is 279 g/mol. The highest BCUT2D eigenvalue weighted by Gasteiger charge is 2.45. The van der Waals surface area contributed by atoms with Crippen LogP contribution in [-0.2, 0) is 5.41 Å². The van der Waals surface area contributed by atoms with Crippen molar-refractivity contribution in [2.75, 3.05) is 13.1 Å². The predicted octanol–water partition coefficient (Wildman–Crippen LogP) is 3.30. The lowest BCUT2D eigenvalue weighted by atomic mass is 9.68. The molecule has 1 N–H and O–H groups in total. The molecule has 21 heavy (non-hydrogen) atoms. The van der Waals surface area contributed by atoms with Gasteiger partial charge in [-0.25, -0.2) is 0 Å². The molecular formula is C18H17NO2. The van der Waals surface area contributed by atoms with Gasteiger partial charge in [-0.1, -0.05) is 30.3 Å². The van der Waals surface area contributed by atoms with E-state index in [4.69, 9.17) is 4.74 Å². The molecule has 0 unspecified atom stereocenters. The fourth-order valence-corrected chi connectivity index (χ4v) is 3.54. The van der Waals surface area contributed by atoms with E-state index in [2.05, 4.69) is 5.32 Å². The smallest absolute Gasteiger partial charge is 0.177 e. The molecule has 3 nitrogen and oxygen atoms in total. The summed E-state index contributed by atoms with van der Waals surface area (Å²) < 4.78 is 6.06. The molecule has 1 saturated heterocycles. The van der Waals surface area contributed by atoms with Gasteiger partial charge in [-0.05, 0) is 44.1 Å². The molecule has 0 aromatic heterocycles. The minimum atomic E-state index is -0.450. The van der Waals surface area contributed by atoms with Crippen LogP contribution >= 0.6 is 0 Å². The molecule has 0 aliphatic carbocycles. The van der Waals surface area contributed by atoms with Crippen LogP contribution in [0.4, 0.5) is 0 Å². The minimum absolute atomic E-state index is 0.199. The third kappa shape index (κ3) is 1.81. The summed E-state index contributed by atoms with van der Waals surface area (Å²) >= 11 is 0. The Morgan fingerprint density at radius 1 is 0.905 bits per heavy atom. The first-order valence-corrected chi connectivity index (χ1v) is 7.43.